The van der Waals surface area contributed by atoms with Crippen LogP contribution >= 0.6 is 0 Å². The summed E-state index contributed by atoms with van der Waals surface area (Å²) in [5, 5.41) is 14.0. The Hall–Kier alpha value is -3.09. The van der Waals surface area contributed by atoms with Crippen LogP contribution in [0.25, 0.3) is 11.3 Å². The van der Waals surface area contributed by atoms with E-state index in [1.165, 1.54) is 24.3 Å². The number of anilines is 1. The van der Waals surface area contributed by atoms with Gasteiger partial charge in [0.2, 0.25) is 0 Å². The maximum Gasteiger partial charge on any atom is 0.416 e. The number of nitro benzene ring substituents is 1. The molecule has 0 aliphatic carbocycles. The topological polar surface area (TPSA) is 55.2 Å². The molecule has 0 unspecified atom stereocenters. The smallest absolute Gasteiger partial charge is 0.349 e. The first kappa shape index (κ1) is 15.8. The van der Waals surface area contributed by atoms with E-state index in [1.54, 1.807) is 12.1 Å². The predicted molar refractivity (Wildman–Crippen MR) is 85.2 cm³/mol. The fourth-order valence-corrected chi connectivity index (χ4v) is 2.53. The number of halogens is 3. The third kappa shape index (κ3) is 2.76. The minimum Gasteiger partial charge on any atom is -0.349 e. The molecule has 0 saturated heterocycles. The third-order valence-electron chi connectivity index (χ3n) is 3.66. The molecule has 0 aromatic heterocycles. The fraction of sp³-hybridized carbons (Fsp3) is 0.0588. The lowest BCUT2D eigenvalue weighted by molar-refractivity contribution is -0.383. The minimum absolute atomic E-state index is 0.161. The number of hydrogen-bond donors (Lipinski definition) is 1. The number of hydrogen-bond acceptors (Lipinski definition) is 3. The highest BCUT2D eigenvalue weighted by Gasteiger charge is 2.31. The maximum absolute atomic E-state index is 12.9. The lowest BCUT2D eigenvalue weighted by Crippen LogP contribution is -2.10. The highest BCUT2D eigenvalue weighted by atomic mass is 19.4. The molecule has 2 aromatic rings. The predicted octanol–water partition coefficient (Wildman–Crippen LogP) is 5.09. The summed E-state index contributed by atoms with van der Waals surface area (Å²) in [5.74, 6) is 0. The van der Waals surface area contributed by atoms with E-state index in [4.69, 9.17) is 0 Å². The van der Waals surface area contributed by atoms with Gasteiger partial charge in [-0.25, -0.2) is 0 Å². The summed E-state index contributed by atoms with van der Waals surface area (Å²) >= 11 is 0. The number of nitrogens with zero attached hydrogens (tertiary/aromatic N) is 1. The molecule has 0 amide bonds. The molecule has 24 heavy (non-hydrogen) atoms. The van der Waals surface area contributed by atoms with Crippen LogP contribution in [0.15, 0.2) is 55.1 Å². The molecule has 0 fully saturated rings. The molecule has 0 atom stereocenters. The van der Waals surface area contributed by atoms with Crippen LogP contribution in [0.5, 0.6) is 0 Å². The Balaban J connectivity index is 2.07. The van der Waals surface area contributed by atoms with E-state index in [1.807, 2.05) is 0 Å². The third-order valence-corrected chi connectivity index (χ3v) is 3.66. The van der Waals surface area contributed by atoms with Crippen molar-refractivity contribution < 1.29 is 18.1 Å². The van der Waals surface area contributed by atoms with Crippen LogP contribution in [0.1, 0.15) is 16.7 Å². The average molecular weight is 332 g/mol. The van der Waals surface area contributed by atoms with Crippen LogP contribution in [0.3, 0.4) is 0 Å². The van der Waals surface area contributed by atoms with E-state index in [9.17, 15) is 23.3 Å². The van der Waals surface area contributed by atoms with Gasteiger partial charge in [-0.05, 0) is 29.3 Å². The van der Waals surface area contributed by atoms with Crippen LogP contribution in [-0.4, -0.2) is 4.92 Å². The number of alkyl halides is 3. The zero-order chi connectivity index (χ0) is 17.5. The number of nitrogens with one attached hydrogen (secondary N) is 1. The van der Waals surface area contributed by atoms with Crippen LogP contribution in [0.4, 0.5) is 24.5 Å². The molecule has 0 radical (unpaired) electrons. The lowest BCUT2D eigenvalue weighted by atomic mass is 9.96. The molecular weight excluding hydrogens is 321 g/mol. The number of benzene rings is 2. The summed E-state index contributed by atoms with van der Waals surface area (Å²) < 4.78 is 38.6. The van der Waals surface area contributed by atoms with Crippen LogP contribution in [0.2, 0.25) is 0 Å². The molecule has 1 aliphatic heterocycles. The van der Waals surface area contributed by atoms with E-state index in [-0.39, 0.29) is 16.9 Å². The number of rotatable bonds is 2. The first-order chi connectivity index (χ1) is 11.3. The Bertz CT molecular complexity index is 886. The van der Waals surface area contributed by atoms with E-state index in [0.717, 1.165) is 12.1 Å². The van der Waals surface area contributed by atoms with E-state index in [0.29, 0.717) is 16.8 Å². The van der Waals surface area contributed by atoms with Gasteiger partial charge in [-0.15, -0.1) is 0 Å². The highest BCUT2D eigenvalue weighted by Crippen LogP contribution is 2.40. The SMILES string of the molecule is C=C1C=C(c2cccc(C(F)(F)F)c2)Nc2c1cccc2[N+](=O)[O-]. The first-order valence-electron chi connectivity index (χ1n) is 6.90. The van der Waals surface area contributed by atoms with Gasteiger partial charge in [-0.1, -0.05) is 30.8 Å². The summed E-state index contributed by atoms with van der Waals surface area (Å²) in [6, 6.07) is 9.28. The van der Waals surface area contributed by atoms with E-state index < -0.39 is 16.7 Å². The van der Waals surface area contributed by atoms with Gasteiger partial charge in [0.15, 0.2) is 0 Å². The molecule has 0 saturated carbocycles. The van der Waals surface area contributed by atoms with Crippen molar-refractivity contribution >= 4 is 22.6 Å². The zero-order valence-corrected chi connectivity index (χ0v) is 12.2. The van der Waals surface area contributed by atoms with Crippen LogP contribution in [0, 0.1) is 10.1 Å². The molecule has 3 rings (SSSR count). The van der Waals surface area contributed by atoms with Crippen molar-refractivity contribution in [2.45, 2.75) is 6.18 Å². The Morgan fingerprint density at radius 2 is 1.83 bits per heavy atom. The molecule has 122 valence electrons. The van der Waals surface area contributed by atoms with Crippen molar-refractivity contribution in [2.75, 3.05) is 5.32 Å². The second kappa shape index (κ2) is 5.52. The maximum atomic E-state index is 12.9. The normalized spacial score (nSPS) is 13.8. The van der Waals surface area contributed by atoms with Gasteiger partial charge in [0.1, 0.15) is 5.69 Å². The Morgan fingerprint density at radius 3 is 2.50 bits per heavy atom. The Labute approximate surface area is 135 Å². The summed E-state index contributed by atoms with van der Waals surface area (Å²) in [6.45, 7) is 3.84. The molecule has 2 aromatic carbocycles. The average Bonchev–Trinajstić information content (AvgIpc) is 2.53. The first-order valence-corrected chi connectivity index (χ1v) is 6.90. The van der Waals surface area contributed by atoms with Gasteiger partial charge in [-0.2, -0.15) is 13.2 Å². The van der Waals surface area contributed by atoms with Gasteiger partial charge in [-0.3, -0.25) is 10.1 Å². The van der Waals surface area contributed by atoms with E-state index >= 15 is 0 Å². The zero-order valence-electron chi connectivity index (χ0n) is 12.2. The van der Waals surface area contributed by atoms with Crippen molar-refractivity contribution in [1.82, 2.24) is 0 Å². The molecule has 1 heterocycles. The lowest BCUT2D eigenvalue weighted by Gasteiger charge is -2.21. The van der Waals surface area contributed by atoms with Crippen molar-refractivity contribution in [3.8, 4) is 0 Å². The fourth-order valence-electron chi connectivity index (χ4n) is 2.53. The standard InChI is InChI=1S/C17H11F3N2O2/c1-10-8-14(11-4-2-5-12(9-11)17(18,19)20)21-16-13(10)6-3-7-15(16)22(23)24/h2-9,21H,1H2. The summed E-state index contributed by atoms with van der Waals surface area (Å²) in [6.07, 6.45) is -2.90. The van der Waals surface area contributed by atoms with Crippen molar-refractivity contribution in [2.24, 2.45) is 0 Å². The Kier molecular flexibility index (Phi) is 3.63. The number of allylic oxidation sites excluding steroid dienone is 2. The quantitative estimate of drug-likeness (QED) is 0.615. The van der Waals surface area contributed by atoms with Crippen molar-refractivity contribution in [1.29, 1.82) is 0 Å². The van der Waals surface area contributed by atoms with Gasteiger partial charge in [0.25, 0.3) is 5.69 Å². The van der Waals surface area contributed by atoms with Crippen molar-refractivity contribution in [3.63, 3.8) is 0 Å². The molecule has 4 nitrogen and oxygen atoms in total. The van der Waals surface area contributed by atoms with E-state index in [2.05, 4.69) is 11.9 Å². The van der Waals surface area contributed by atoms with Gasteiger partial charge in [0, 0.05) is 17.3 Å². The van der Waals surface area contributed by atoms with Gasteiger partial charge < -0.3 is 5.32 Å². The summed E-state index contributed by atoms with van der Waals surface area (Å²) in [7, 11) is 0. The summed E-state index contributed by atoms with van der Waals surface area (Å²) in [4.78, 5) is 10.6. The van der Waals surface area contributed by atoms with Crippen molar-refractivity contribution in [3.05, 3.63) is 81.9 Å². The summed E-state index contributed by atoms with van der Waals surface area (Å²) in [5.41, 5.74) is 0.901. The van der Waals surface area contributed by atoms with Gasteiger partial charge >= 0.3 is 6.18 Å². The molecular formula is C17H11F3N2O2. The van der Waals surface area contributed by atoms with Crippen LogP contribution < -0.4 is 5.32 Å². The molecule has 1 N–H and O–H groups in total. The minimum atomic E-state index is -4.47. The molecule has 7 heteroatoms. The second-order valence-electron chi connectivity index (χ2n) is 5.24. The number of nitro groups is 1. The largest absolute Gasteiger partial charge is 0.416 e. The Morgan fingerprint density at radius 1 is 1.12 bits per heavy atom. The molecule has 0 bridgehead atoms. The highest BCUT2D eigenvalue weighted by molar-refractivity contribution is 5.99. The molecule has 0 spiro atoms. The number of para-hydroxylation sites is 1. The monoisotopic (exact) mass is 332 g/mol. The van der Waals surface area contributed by atoms with Crippen LogP contribution in [-0.2, 0) is 6.18 Å². The number of fused-ring (bicyclic) bond motifs is 1. The molecule has 1 aliphatic rings. The second-order valence-corrected chi connectivity index (χ2v) is 5.24. The van der Waals surface area contributed by atoms with Gasteiger partial charge in [0.05, 0.1) is 10.5 Å².